The van der Waals surface area contributed by atoms with Gasteiger partial charge in [-0.05, 0) is 25.5 Å². The minimum Gasteiger partial charge on any atom is -0.391 e. The van der Waals surface area contributed by atoms with E-state index < -0.39 is 0 Å². The molecule has 0 aliphatic heterocycles. The first kappa shape index (κ1) is 10.7. The standard InChI is InChI=1S/C13H19NO/c1-14-13(10-6-5-9-12(13)15)11-7-3-2-4-8-11/h2-4,7-8,12,14-15H,5-6,9-10H2,1H3. The molecule has 2 unspecified atom stereocenters. The molecule has 0 heterocycles. The Morgan fingerprint density at radius 3 is 2.60 bits per heavy atom. The van der Waals surface area contributed by atoms with E-state index in [2.05, 4.69) is 17.4 Å². The van der Waals surface area contributed by atoms with Crippen LogP contribution >= 0.6 is 0 Å². The summed E-state index contributed by atoms with van der Waals surface area (Å²) in [7, 11) is 1.95. The van der Waals surface area contributed by atoms with Gasteiger partial charge < -0.3 is 10.4 Å². The minimum atomic E-state index is -0.265. The topological polar surface area (TPSA) is 32.3 Å². The van der Waals surface area contributed by atoms with Crippen LogP contribution < -0.4 is 5.32 Å². The van der Waals surface area contributed by atoms with Crippen LogP contribution in [0.1, 0.15) is 31.2 Å². The molecule has 2 nitrogen and oxygen atoms in total. The zero-order chi connectivity index (χ0) is 10.7. The predicted octanol–water partition coefficient (Wildman–Crippen LogP) is 2.04. The lowest BCUT2D eigenvalue weighted by molar-refractivity contribution is 0.0252. The minimum absolute atomic E-state index is 0.223. The highest BCUT2D eigenvalue weighted by Gasteiger charge is 2.39. The van der Waals surface area contributed by atoms with E-state index in [0.717, 1.165) is 19.3 Å². The van der Waals surface area contributed by atoms with Gasteiger partial charge in [-0.25, -0.2) is 0 Å². The first-order chi connectivity index (χ1) is 7.29. The van der Waals surface area contributed by atoms with E-state index in [4.69, 9.17) is 0 Å². The van der Waals surface area contributed by atoms with Gasteiger partial charge >= 0.3 is 0 Å². The van der Waals surface area contributed by atoms with Gasteiger partial charge in [0.2, 0.25) is 0 Å². The average Bonchev–Trinajstić information content (AvgIpc) is 2.31. The van der Waals surface area contributed by atoms with Crippen molar-refractivity contribution in [2.45, 2.75) is 37.3 Å². The van der Waals surface area contributed by atoms with Crippen molar-refractivity contribution in [3.8, 4) is 0 Å². The molecule has 0 spiro atoms. The van der Waals surface area contributed by atoms with E-state index in [-0.39, 0.29) is 11.6 Å². The van der Waals surface area contributed by atoms with Crippen LogP contribution in [-0.2, 0) is 5.54 Å². The van der Waals surface area contributed by atoms with Crippen LogP contribution in [0.5, 0.6) is 0 Å². The van der Waals surface area contributed by atoms with Crippen molar-refractivity contribution in [2.75, 3.05) is 7.05 Å². The molecule has 1 aromatic carbocycles. The van der Waals surface area contributed by atoms with Gasteiger partial charge in [0.25, 0.3) is 0 Å². The molecule has 82 valence electrons. The smallest absolute Gasteiger partial charge is 0.0763 e. The Bertz CT molecular complexity index is 312. The second kappa shape index (κ2) is 4.33. The molecule has 0 amide bonds. The number of hydrogen-bond donors (Lipinski definition) is 2. The third-order valence-corrected chi connectivity index (χ3v) is 3.60. The first-order valence-corrected chi connectivity index (χ1v) is 5.72. The number of aliphatic hydroxyl groups is 1. The van der Waals surface area contributed by atoms with Gasteiger partial charge in [0.15, 0.2) is 0 Å². The van der Waals surface area contributed by atoms with Gasteiger partial charge in [0.05, 0.1) is 11.6 Å². The predicted molar refractivity (Wildman–Crippen MR) is 61.7 cm³/mol. The van der Waals surface area contributed by atoms with Gasteiger partial charge in [-0.1, -0.05) is 43.2 Å². The Morgan fingerprint density at radius 2 is 2.00 bits per heavy atom. The van der Waals surface area contributed by atoms with Crippen LogP contribution in [0.2, 0.25) is 0 Å². The van der Waals surface area contributed by atoms with Crippen molar-refractivity contribution in [1.82, 2.24) is 5.32 Å². The Morgan fingerprint density at radius 1 is 1.27 bits per heavy atom. The fourth-order valence-electron chi connectivity index (χ4n) is 2.66. The number of aliphatic hydroxyl groups excluding tert-OH is 1. The highest BCUT2D eigenvalue weighted by atomic mass is 16.3. The molecule has 2 heteroatoms. The molecular formula is C13H19NO. The number of hydrogen-bond acceptors (Lipinski definition) is 2. The van der Waals surface area contributed by atoms with E-state index in [1.165, 1.54) is 12.0 Å². The maximum Gasteiger partial charge on any atom is 0.0763 e. The van der Waals surface area contributed by atoms with Crippen LogP contribution in [0.25, 0.3) is 0 Å². The number of likely N-dealkylation sites (N-methyl/N-ethyl adjacent to an activating group) is 1. The van der Waals surface area contributed by atoms with Crippen molar-refractivity contribution in [3.63, 3.8) is 0 Å². The summed E-state index contributed by atoms with van der Waals surface area (Å²) in [4.78, 5) is 0. The third-order valence-electron chi connectivity index (χ3n) is 3.60. The average molecular weight is 205 g/mol. The maximum atomic E-state index is 10.2. The fraction of sp³-hybridized carbons (Fsp3) is 0.538. The molecule has 1 saturated carbocycles. The Balaban J connectivity index is 2.35. The quantitative estimate of drug-likeness (QED) is 0.774. The Labute approximate surface area is 91.3 Å². The molecule has 2 rings (SSSR count). The van der Waals surface area contributed by atoms with Crippen molar-refractivity contribution in [3.05, 3.63) is 35.9 Å². The summed E-state index contributed by atoms with van der Waals surface area (Å²) in [6.45, 7) is 0. The molecule has 1 aliphatic rings. The molecule has 1 aliphatic carbocycles. The summed E-state index contributed by atoms with van der Waals surface area (Å²) >= 11 is 0. The van der Waals surface area contributed by atoms with Crippen LogP contribution in [0, 0.1) is 0 Å². The molecule has 1 fully saturated rings. The summed E-state index contributed by atoms with van der Waals surface area (Å²) in [6.07, 6.45) is 3.98. The third kappa shape index (κ3) is 1.80. The molecule has 2 N–H and O–H groups in total. The lowest BCUT2D eigenvalue weighted by Gasteiger charge is -2.42. The summed E-state index contributed by atoms with van der Waals surface area (Å²) < 4.78 is 0. The van der Waals surface area contributed by atoms with Crippen LogP contribution in [0.3, 0.4) is 0 Å². The molecule has 0 saturated heterocycles. The van der Waals surface area contributed by atoms with Crippen LogP contribution in [-0.4, -0.2) is 18.3 Å². The second-order valence-electron chi connectivity index (χ2n) is 4.35. The van der Waals surface area contributed by atoms with Crippen molar-refractivity contribution >= 4 is 0 Å². The normalized spacial score (nSPS) is 31.5. The highest BCUT2D eigenvalue weighted by molar-refractivity contribution is 5.26. The number of nitrogens with one attached hydrogen (secondary N) is 1. The molecule has 0 bridgehead atoms. The Hall–Kier alpha value is -0.860. The maximum absolute atomic E-state index is 10.2. The van der Waals surface area contributed by atoms with Crippen molar-refractivity contribution in [2.24, 2.45) is 0 Å². The van der Waals surface area contributed by atoms with Gasteiger partial charge in [-0.15, -0.1) is 0 Å². The summed E-state index contributed by atoms with van der Waals surface area (Å²) in [5, 5.41) is 13.5. The van der Waals surface area contributed by atoms with E-state index in [0.29, 0.717) is 0 Å². The molecule has 2 atom stereocenters. The fourth-order valence-corrected chi connectivity index (χ4v) is 2.66. The Kier molecular flexibility index (Phi) is 3.08. The van der Waals surface area contributed by atoms with Gasteiger partial charge in [0.1, 0.15) is 0 Å². The van der Waals surface area contributed by atoms with Gasteiger partial charge in [-0.2, -0.15) is 0 Å². The summed E-state index contributed by atoms with van der Waals surface area (Å²) in [6, 6.07) is 10.3. The van der Waals surface area contributed by atoms with Crippen LogP contribution in [0.15, 0.2) is 30.3 Å². The monoisotopic (exact) mass is 205 g/mol. The zero-order valence-corrected chi connectivity index (χ0v) is 9.24. The van der Waals surface area contributed by atoms with Gasteiger partial charge in [-0.3, -0.25) is 0 Å². The summed E-state index contributed by atoms with van der Waals surface area (Å²) in [5.74, 6) is 0. The van der Waals surface area contributed by atoms with E-state index >= 15 is 0 Å². The molecule has 1 aromatic rings. The first-order valence-electron chi connectivity index (χ1n) is 5.72. The van der Waals surface area contributed by atoms with E-state index in [1.807, 2.05) is 25.2 Å². The second-order valence-corrected chi connectivity index (χ2v) is 4.35. The molecule has 0 radical (unpaired) electrons. The lowest BCUT2D eigenvalue weighted by Crippen LogP contribution is -2.51. The highest BCUT2D eigenvalue weighted by Crippen LogP contribution is 2.36. The molecule has 15 heavy (non-hydrogen) atoms. The molecule has 0 aromatic heterocycles. The lowest BCUT2D eigenvalue weighted by atomic mass is 9.74. The van der Waals surface area contributed by atoms with E-state index in [1.54, 1.807) is 0 Å². The number of rotatable bonds is 2. The largest absolute Gasteiger partial charge is 0.391 e. The van der Waals surface area contributed by atoms with Crippen molar-refractivity contribution < 1.29 is 5.11 Å². The van der Waals surface area contributed by atoms with Crippen LogP contribution in [0.4, 0.5) is 0 Å². The van der Waals surface area contributed by atoms with Gasteiger partial charge in [0, 0.05) is 0 Å². The SMILES string of the molecule is CNC1(c2ccccc2)CCCCC1O. The zero-order valence-electron chi connectivity index (χ0n) is 9.24. The number of benzene rings is 1. The summed E-state index contributed by atoms with van der Waals surface area (Å²) in [5.41, 5.74) is 0.985. The van der Waals surface area contributed by atoms with Crippen molar-refractivity contribution in [1.29, 1.82) is 0 Å². The molecular weight excluding hydrogens is 186 g/mol. The van der Waals surface area contributed by atoms with E-state index in [9.17, 15) is 5.11 Å².